The molecule has 0 atom stereocenters. The highest BCUT2D eigenvalue weighted by molar-refractivity contribution is 5.98. The summed E-state index contributed by atoms with van der Waals surface area (Å²) in [5.41, 5.74) is 2.76. The van der Waals surface area contributed by atoms with Crippen LogP contribution in [0.4, 0.5) is 4.79 Å². The first-order chi connectivity index (χ1) is 13.1. The van der Waals surface area contributed by atoms with E-state index in [1.165, 1.54) is 0 Å². The number of Topliss-reactive ketones (excluding diaryl/α,β-unsaturated/α-hetero) is 1. The highest BCUT2D eigenvalue weighted by Crippen LogP contribution is 2.25. The summed E-state index contributed by atoms with van der Waals surface area (Å²) in [6, 6.07) is 15.3. The Labute approximate surface area is 160 Å². The van der Waals surface area contributed by atoms with Crippen LogP contribution in [0.2, 0.25) is 0 Å². The maximum Gasteiger partial charge on any atom is 0.317 e. The molecule has 0 radical (unpaired) electrons. The SMILES string of the molecule is COc1ccc(C(=O)C2CCN(C(=O)NCc3ccccc3)CC2)cc1C. The molecule has 5 heteroatoms. The lowest BCUT2D eigenvalue weighted by Gasteiger charge is -2.31. The summed E-state index contributed by atoms with van der Waals surface area (Å²) < 4.78 is 5.26. The number of carbonyl (C=O) groups is 2. The van der Waals surface area contributed by atoms with Gasteiger partial charge in [-0.2, -0.15) is 0 Å². The summed E-state index contributed by atoms with van der Waals surface area (Å²) in [6.07, 6.45) is 1.39. The summed E-state index contributed by atoms with van der Waals surface area (Å²) in [4.78, 5) is 26.9. The molecule has 1 heterocycles. The zero-order chi connectivity index (χ0) is 19.2. The molecule has 0 aromatic heterocycles. The Morgan fingerprint density at radius 2 is 1.81 bits per heavy atom. The largest absolute Gasteiger partial charge is 0.496 e. The fourth-order valence-corrected chi connectivity index (χ4v) is 3.50. The number of hydrogen-bond donors (Lipinski definition) is 1. The summed E-state index contributed by atoms with van der Waals surface area (Å²) >= 11 is 0. The molecule has 0 bridgehead atoms. The summed E-state index contributed by atoms with van der Waals surface area (Å²) in [5.74, 6) is 0.914. The summed E-state index contributed by atoms with van der Waals surface area (Å²) in [5, 5.41) is 2.95. The van der Waals surface area contributed by atoms with Crippen molar-refractivity contribution in [3.63, 3.8) is 0 Å². The molecule has 1 aliphatic heterocycles. The van der Waals surface area contributed by atoms with Crippen LogP contribution in [0.1, 0.15) is 34.3 Å². The zero-order valence-corrected chi connectivity index (χ0v) is 15.9. The molecule has 3 rings (SSSR count). The molecular weight excluding hydrogens is 340 g/mol. The minimum absolute atomic E-state index is 0.0315. The molecule has 0 unspecified atom stereocenters. The predicted octanol–water partition coefficient (Wildman–Crippen LogP) is 3.81. The van der Waals surface area contributed by atoms with Gasteiger partial charge < -0.3 is 15.0 Å². The molecule has 2 aromatic rings. The maximum atomic E-state index is 12.8. The number of ether oxygens (including phenoxy) is 1. The number of piperidine rings is 1. The Morgan fingerprint density at radius 3 is 2.44 bits per heavy atom. The molecule has 2 aromatic carbocycles. The van der Waals surface area contributed by atoms with Crippen molar-refractivity contribution in [3.05, 3.63) is 65.2 Å². The molecule has 5 nitrogen and oxygen atoms in total. The molecule has 2 amide bonds. The average Bonchev–Trinajstić information content (AvgIpc) is 2.72. The maximum absolute atomic E-state index is 12.8. The first kappa shape index (κ1) is 19.0. The molecule has 0 aliphatic carbocycles. The molecular formula is C22H26N2O3. The quantitative estimate of drug-likeness (QED) is 0.819. The van der Waals surface area contributed by atoms with Gasteiger partial charge in [-0.1, -0.05) is 30.3 Å². The van der Waals surface area contributed by atoms with Gasteiger partial charge in [-0.25, -0.2) is 4.79 Å². The van der Waals surface area contributed by atoms with E-state index in [4.69, 9.17) is 4.74 Å². The van der Waals surface area contributed by atoms with Crippen molar-refractivity contribution in [2.24, 2.45) is 5.92 Å². The Kier molecular flexibility index (Phi) is 6.12. The van der Waals surface area contributed by atoms with Crippen molar-refractivity contribution in [2.75, 3.05) is 20.2 Å². The topological polar surface area (TPSA) is 58.6 Å². The van der Waals surface area contributed by atoms with E-state index < -0.39 is 0 Å². The molecule has 1 N–H and O–H groups in total. The number of carbonyl (C=O) groups excluding carboxylic acids is 2. The second-order valence-corrected chi connectivity index (χ2v) is 6.95. The number of nitrogens with one attached hydrogen (secondary N) is 1. The van der Waals surface area contributed by atoms with Gasteiger partial charge in [0, 0.05) is 31.1 Å². The number of ketones is 1. The molecule has 1 saturated heterocycles. The van der Waals surface area contributed by atoms with Gasteiger partial charge in [-0.3, -0.25) is 4.79 Å². The Hall–Kier alpha value is -2.82. The average molecular weight is 366 g/mol. The number of amides is 2. The van der Waals surface area contributed by atoms with Crippen LogP contribution >= 0.6 is 0 Å². The number of urea groups is 1. The minimum Gasteiger partial charge on any atom is -0.496 e. The first-order valence-electron chi connectivity index (χ1n) is 9.34. The number of likely N-dealkylation sites (tertiary alicyclic amines) is 1. The monoisotopic (exact) mass is 366 g/mol. The first-order valence-corrected chi connectivity index (χ1v) is 9.34. The molecule has 27 heavy (non-hydrogen) atoms. The van der Waals surface area contributed by atoms with E-state index in [1.54, 1.807) is 12.0 Å². The Morgan fingerprint density at radius 1 is 1.11 bits per heavy atom. The number of rotatable bonds is 5. The number of aryl methyl sites for hydroxylation is 1. The smallest absolute Gasteiger partial charge is 0.317 e. The van der Waals surface area contributed by atoms with Crippen molar-refractivity contribution in [2.45, 2.75) is 26.3 Å². The predicted molar refractivity (Wildman–Crippen MR) is 105 cm³/mol. The van der Waals surface area contributed by atoms with Crippen LogP contribution in [0.5, 0.6) is 5.75 Å². The van der Waals surface area contributed by atoms with Crippen molar-refractivity contribution >= 4 is 11.8 Å². The van der Waals surface area contributed by atoms with Crippen molar-refractivity contribution < 1.29 is 14.3 Å². The van der Waals surface area contributed by atoms with Gasteiger partial charge in [0.25, 0.3) is 0 Å². The third-order valence-electron chi connectivity index (χ3n) is 5.12. The Bertz CT molecular complexity index is 796. The van der Waals surface area contributed by atoms with Gasteiger partial charge in [0.15, 0.2) is 5.78 Å². The van der Waals surface area contributed by atoms with E-state index >= 15 is 0 Å². The third-order valence-corrected chi connectivity index (χ3v) is 5.12. The van der Waals surface area contributed by atoms with Gasteiger partial charge in [0.2, 0.25) is 0 Å². The van der Waals surface area contributed by atoms with Crippen LogP contribution in [0, 0.1) is 12.8 Å². The van der Waals surface area contributed by atoms with E-state index in [-0.39, 0.29) is 17.7 Å². The number of benzene rings is 2. The van der Waals surface area contributed by atoms with E-state index in [9.17, 15) is 9.59 Å². The summed E-state index contributed by atoms with van der Waals surface area (Å²) in [6.45, 7) is 3.66. The standard InChI is InChI=1S/C22H26N2O3/c1-16-14-19(8-9-20(16)27-2)21(25)18-10-12-24(13-11-18)22(26)23-15-17-6-4-3-5-7-17/h3-9,14,18H,10-13,15H2,1-2H3,(H,23,26). The second kappa shape index (κ2) is 8.71. The van der Waals surface area contributed by atoms with Crippen molar-refractivity contribution in [3.8, 4) is 5.75 Å². The van der Waals surface area contributed by atoms with E-state index in [2.05, 4.69) is 5.32 Å². The van der Waals surface area contributed by atoms with Crippen LogP contribution in [0.25, 0.3) is 0 Å². The lowest BCUT2D eigenvalue weighted by molar-refractivity contribution is 0.0854. The highest BCUT2D eigenvalue weighted by atomic mass is 16.5. The van der Waals surface area contributed by atoms with Crippen LogP contribution < -0.4 is 10.1 Å². The fourth-order valence-electron chi connectivity index (χ4n) is 3.50. The highest BCUT2D eigenvalue weighted by Gasteiger charge is 2.28. The molecule has 1 aliphatic rings. The lowest BCUT2D eigenvalue weighted by Crippen LogP contribution is -2.45. The Balaban J connectivity index is 1.51. The van der Waals surface area contributed by atoms with Crippen LogP contribution in [0.15, 0.2) is 48.5 Å². The molecule has 142 valence electrons. The third kappa shape index (κ3) is 4.67. The fraction of sp³-hybridized carbons (Fsp3) is 0.364. The summed E-state index contributed by atoms with van der Waals surface area (Å²) in [7, 11) is 1.63. The number of hydrogen-bond acceptors (Lipinski definition) is 3. The number of methoxy groups -OCH3 is 1. The van der Waals surface area contributed by atoms with Gasteiger partial charge in [-0.05, 0) is 49.1 Å². The van der Waals surface area contributed by atoms with Crippen molar-refractivity contribution in [1.82, 2.24) is 10.2 Å². The zero-order valence-electron chi connectivity index (χ0n) is 15.9. The van der Waals surface area contributed by atoms with Crippen molar-refractivity contribution in [1.29, 1.82) is 0 Å². The van der Waals surface area contributed by atoms with E-state index in [1.807, 2.05) is 55.5 Å². The van der Waals surface area contributed by atoms with E-state index in [0.717, 1.165) is 22.4 Å². The minimum atomic E-state index is -0.0648. The van der Waals surface area contributed by atoms with E-state index in [0.29, 0.717) is 32.5 Å². The van der Waals surface area contributed by atoms with Crippen LogP contribution in [-0.2, 0) is 6.54 Å². The van der Waals surface area contributed by atoms with Gasteiger partial charge >= 0.3 is 6.03 Å². The van der Waals surface area contributed by atoms with Crippen LogP contribution in [-0.4, -0.2) is 36.9 Å². The molecule has 1 fully saturated rings. The molecule has 0 saturated carbocycles. The lowest BCUT2D eigenvalue weighted by atomic mass is 9.88. The van der Waals surface area contributed by atoms with Gasteiger partial charge in [-0.15, -0.1) is 0 Å². The molecule has 0 spiro atoms. The second-order valence-electron chi connectivity index (χ2n) is 6.95. The van der Waals surface area contributed by atoms with Crippen LogP contribution in [0.3, 0.4) is 0 Å². The number of nitrogens with zero attached hydrogens (tertiary/aromatic N) is 1. The van der Waals surface area contributed by atoms with Gasteiger partial charge in [0.05, 0.1) is 7.11 Å². The normalized spacial score (nSPS) is 14.7. The van der Waals surface area contributed by atoms with Gasteiger partial charge in [0.1, 0.15) is 5.75 Å².